The highest BCUT2D eigenvalue weighted by Gasteiger charge is 2.30. The fourth-order valence-electron chi connectivity index (χ4n) is 5.41. The minimum Gasteiger partial charge on any atom is -0.0654 e. The van der Waals surface area contributed by atoms with Crippen LogP contribution in [0.2, 0.25) is 0 Å². The molecule has 0 amide bonds. The van der Waals surface area contributed by atoms with Crippen LogP contribution in [0.25, 0.3) is 0 Å². The molecule has 0 aromatic rings. The Labute approximate surface area is 167 Å². The fourth-order valence-corrected chi connectivity index (χ4v) is 5.41. The molecule has 0 nitrogen and oxygen atoms in total. The van der Waals surface area contributed by atoms with Crippen LogP contribution >= 0.6 is 0 Å². The Bertz CT molecular complexity index is 314. The third-order valence-corrected chi connectivity index (χ3v) is 7.50. The molecule has 0 aromatic heterocycles. The van der Waals surface area contributed by atoms with Crippen molar-refractivity contribution in [3.8, 4) is 0 Å². The zero-order valence-electron chi connectivity index (χ0n) is 19.4. The van der Waals surface area contributed by atoms with Gasteiger partial charge in [0.1, 0.15) is 0 Å². The standard InChI is InChI=1S/C14H28.C12H24/c1-4-7-9-12(5-2)14-11-8-10-13(14)6-3;1-10(2)7-8-11(3)9-12-5-4-6-12/h12-14H,4-11H2,1-3H3;10-12H,4-9H2,1-3H3. The van der Waals surface area contributed by atoms with Crippen LogP contribution in [-0.4, -0.2) is 0 Å². The topological polar surface area (TPSA) is 0 Å². The minimum absolute atomic E-state index is 0.897. The van der Waals surface area contributed by atoms with Crippen LogP contribution in [0.4, 0.5) is 0 Å². The summed E-state index contributed by atoms with van der Waals surface area (Å²) in [6, 6.07) is 0. The number of rotatable bonds is 11. The summed E-state index contributed by atoms with van der Waals surface area (Å²) in [4.78, 5) is 0. The van der Waals surface area contributed by atoms with E-state index in [1.807, 2.05) is 0 Å². The van der Waals surface area contributed by atoms with Gasteiger partial charge in [-0.2, -0.15) is 0 Å². The lowest BCUT2D eigenvalue weighted by atomic mass is 9.78. The average molecular weight is 365 g/mol. The SMILES string of the molecule is CC(C)CCC(C)CC1CCC1.CCCCC(CC)C1CCCC1CC. The fraction of sp³-hybridized carbons (Fsp3) is 1.00. The largest absolute Gasteiger partial charge is 0.0654 e. The molecule has 0 bridgehead atoms. The van der Waals surface area contributed by atoms with E-state index in [2.05, 4.69) is 41.5 Å². The van der Waals surface area contributed by atoms with Gasteiger partial charge in [-0.25, -0.2) is 0 Å². The van der Waals surface area contributed by atoms with E-state index in [0.717, 1.165) is 35.5 Å². The van der Waals surface area contributed by atoms with Crippen molar-refractivity contribution in [2.24, 2.45) is 35.5 Å². The zero-order chi connectivity index (χ0) is 19.4. The smallest absolute Gasteiger partial charge is 0.0358 e. The van der Waals surface area contributed by atoms with Crippen molar-refractivity contribution in [3.63, 3.8) is 0 Å². The van der Waals surface area contributed by atoms with Crippen molar-refractivity contribution in [2.75, 3.05) is 0 Å². The highest BCUT2D eigenvalue weighted by atomic mass is 14.4. The van der Waals surface area contributed by atoms with Crippen molar-refractivity contribution < 1.29 is 0 Å². The lowest BCUT2D eigenvalue weighted by Crippen LogP contribution is -2.18. The average Bonchev–Trinajstić information content (AvgIpc) is 3.06. The molecule has 2 aliphatic carbocycles. The summed E-state index contributed by atoms with van der Waals surface area (Å²) < 4.78 is 0. The lowest BCUT2D eigenvalue weighted by Gasteiger charge is -2.28. The van der Waals surface area contributed by atoms with Crippen molar-refractivity contribution in [1.82, 2.24) is 0 Å². The second kappa shape index (κ2) is 14.1. The van der Waals surface area contributed by atoms with E-state index in [-0.39, 0.29) is 0 Å². The Morgan fingerprint density at radius 3 is 2.00 bits per heavy atom. The van der Waals surface area contributed by atoms with Gasteiger partial charge in [-0.15, -0.1) is 0 Å². The quantitative estimate of drug-likeness (QED) is 0.342. The van der Waals surface area contributed by atoms with Crippen molar-refractivity contribution >= 4 is 0 Å². The predicted octanol–water partition coefficient (Wildman–Crippen LogP) is 9.28. The van der Waals surface area contributed by atoms with E-state index in [1.54, 1.807) is 0 Å². The van der Waals surface area contributed by atoms with Gasteiger partial charge < -0.3 is 0 Å². The summed E-state index contributed by atoms with van der Waals surface area (Å²) >= 11 is 0. The van der Waals surface area contributed by atoms with E-state index >= 15 is 0 Å². The molecule has 2 aliphatic rings. The molecule has 0 radical (unpaired) electrons. The van der Waals surface area contributed by atoms with Gasteiger partial charge in [-0.05, 0) is 48.3 Å². The molecule has 156 valence electrons. The van der Waals surface area contributed by atoms with E-state index in [0.29, 0.717) is 0 Å². The van der Waals surface area contributed by atoms with Gasteiger partial charge >= 0.3 is 0 Å². The van der Waals surface area contributed by atoms with Crippen LogP contribution in [0.1, 0.15) is 131 Å². The van der Waals surface area contributed by atoms with E-state index < -0.39 is 0 Å². The predicted molar refractivity (Wildman–Crippen MR) is 120 cm³/mol. The van der Waals surface area contributed by atoms with Crippen LogP contribution in [-0.2, 0) is 0 Å². The first-order chi connectivity index (χ1) is 12.5. The van der Waals surface area contributed by atoms with E-state index in [9.17, 15) is 0 Å². The number of unbranched alkanes of at least 4 members (excludes halogenated alkanes) is 1. The van der Waals surface area contributed by atoms with Gasteiger partial charge in [-0.3, -0.25) is 0 Å². The second-order valence-corrected chi connectivity index (χ2v) is 10.2. The van der Waals surface area contributed by atoms with Crippen LogP contribution in [0, 0.1) is 35.5 Å². The molecule has 26 heavy (non-hydrogen) atoms. The Balaban J connectivity index is 0.000000263. The molecule has 2 saturated carbocycles. The first kappa shape index (κ1) is 24.0. The molecule has 0 aliphatic heterocycles. The van der Waals surface area contributed by atoms with Crippen molar-refractivity contribution in [2.45, 2.75) is 131 Å². The van der Waals surface area contributed by atoms with Crippen LogP contribution in [0.3, 0.4) is 0 Å². The van der Waals surface area contributed by atoms with Crippen molar-refractivity contribution in [3.05, 3.63) is 0 Å². The molecule has 0 aromatic carbocycles. The van der Waals surface area contributed by atoms with Gasteiger partial charge in [0, 0.05) is 0 Å². The Kier molecular flexibility index (Phi) is 13.0. The first-order valence-electron chi connectivity index (χ1n) is 12.5. The summed E-state index contributed by atoms with van der Waals surface area (Å²) in [6.07, 6.45) is 20.6. The van der Waals surface area contributed by atoms with Crippen LogP contribution in [0.5, 0.6) is 0 Å². The van der Waals surface area contributed by atoms with Gasteiger partial charge in [-0.1, -0.05) is 119 Å². The molecule has 0 heterocycles. The van der Waals surface area contributed by atoms with E-state index in [1.165, 1.54) is 89.9 Å². The third-order valence-electron chi connectivity index (χ3n) is 7.50. The van der Waals surface area contributed by atoms with Gasteiger partial charge in [0.25, 0.3) is 0 Å². The maximum absolute atomic E-state index is 2.43. The molecular weight excluding hydrogens is 312 g/mol. The van der Waals surface area contributed by atoms with Crippen molar-refractivity contribution in [1.29, 1.82) is 0 Å². The highest BCUT2D eigenvalue weighted by Crippen LogP contribution is 2.41. The summed E-state index contributed by atoms with van der Waals surface area (Å²) in [5.74, 6) is 6.18. The highest BCUT2D eigenvalue weighted by molar-refractivity contribution is 4.81. The molecule has 4 unspecified atom stereocenters. The molecule has 0 N–H and O–H groups in total. The van der Waals surface area contributed by atoms with Gasteiger partial charge in [0.2, 0.25) is 0 Å². The molecular formula is C26H52. The van der Waals surface area contributed by atoms with Gasteiger partial charge in [0.05, 0.1) is 0 Å². The molecule has 2 fully saturated rings. The normalized spacial score (nSPS) is 25.5. The molecule has 0 saturated heterocycles. The maximum Gasteiger partial charge on any atom is -0.0358 e. The molecule has 0 heteroatoms. The number of hydrogen-bond acceptors (Lipinski definition) is 0. The number of hydrogen-bond donors (Lipinski definition) is 0. The lowest BCUT2D eigenvalue weighted by molar-refractivity contribution is 0.231. The third kappa shape index (κ3) is 9.27. The zero-order valence-corrected chi connectivity index (χ0v) is 19.4. The summed E-state index contributed by atoms with van der Waals surface area (Å²) in [5.41, 5.74) is 0. The molecule has 2 rings (SSSR count). The Hall–Kier alpha value is 0. The molecule has 0 spiro atoms. The Morgan fingerprint density at radius 1 is 0.808 bits per heavy atom. The summed E-state index contributed by atoms with van der Waals surface area (Å²) in [6.45, 7) is 14.2. The van der Waals surface area contributed by atoms with E-state index in [4.69, 9.17) is 0 Å². The second-order valence-electron chi connectivity index (χ2n) is 10.2. The molecule has 4 atom stereocenters. The summed E-state index contributed by atoms with van der Waals surface area (Å²) in [7, 11) is 0. The Morgan fingerprint density at radius 2 is 1.50 bits per heavy atom. The van der Waals surface area contributed by atoms with Crippen LogP contribution < -0.4 is 0 Å². The monoisotopic (exact) mass is 364 g/mol. The van der Waals surface area contributed by atoms with Gasteiger partial charge in [0.15, 0.2) is 0 Å². The van der Waals surface area contributed by atoms with Crippen LogP contribution in [0.15, 0.2) is 0 Å². The first-order valence-corrected chi connectivity index (χ1v) is 12.5. The summed E-state index contributed by atoms with van der Waals surface area (Å²) in [5, 5.41) is 0. The maximum atomic E-state index is 2.43. The minimum atomic E-state index is 0.897.